The number of azide groups is 1. The van der Waals surface area contributed by atoms with Crippen LogP contribution in [0.1, 0.15) is 17.2 Å². The van der Waals surface area contributed by atoms with Gasteiger partial charge in [0.1, 0.15) is 6.10 Å². The first-order valence-electron chi connectivity index (χ1n) is 5.41. The number of nitrogens with zero attached hydrogens (tertiary/aromatic N) is 3. The lowest BCUT2D eigenvalue weighted by Gasteiger charge is -2.16. The minimum Gasteiger partial charge on any atom is -0.390 e. The molecule has 94 valence electrons. The summed E-state index contributed by atoms with van der Waals surface area (Å²) in [6.07, 6.45) is -2.04. The quantitative estimate of drug-likeness (QED) is 0.417. The average molecular weight is 248 g/mol. The molecule has 0 saturated heterocycles. The van der Waals surface area contributed by atoms with E-state index in [4.69, 9.17) is 5.53 Å². The summed E-state index contributed by atoms with van der Waals surface area (Å²) < 4.78 is 0. The summed E-state index contributed by atoms with van der Waals surface area (Å²) in [4.78, 5) is 13.7. The largest absolute Gasteiger partial charge is 0.390 e. The van der Waals surface area contributed by atoms with Crippen molar-refractivity contribution in [2.24, 2.45) is 5.11 Å². The van der Waals surface area contributed by atoms with E-state index in [1.54, 1.807) is 18.2 Å². The minimum atomic E-state index is -1.16. The summed E-state index contributed by atoms with van der Waals surface area (Å²) in [5, 5.41) is 25.4. The molecular weight excluding hydrogens is 236 g/mol. The maximum absolute atomic E-state index is 11.2. The van der Waals surface area contributed by atoms with Crippen molar-refractivity contribution >= 4 is 11.6 Å². The molecule has 0 aromatic heterocycles. The molecule has 0 fully saturated rings. The summed E-state index contributed by atoms with van der Waals surface area (Å²) in [7, 11) is 0. The average Bonchev–Trinajstić information content (AvgIpc) is 2.73. The molecule has 1 aliphatic heterocycles. The van der Waals surface area contributed by atoms with Crippen LogP contribution in [-0.2, 0) is 11.2 Å². The molecule has 0 saturated carbocycles. The Kier molecular flexibility index (Phi) is 3.47. The number of aliphatic hydroxyl groups excluding tert-OH is 2. The van der Waals surface area contributed by atoms with Crippen LogP contribution in [0.4, 0.5) is 5.69 Å². The van der Waals surface area contributed by atoms with Gasteiger partial charge in [-0.2, -0.15) is 0 Å². The molecule has 0 bridgehead atoms. The van der Waals surface area contributed by atoms with Crippen LogP contribution in [0, 0.1) is 0 Å². The highest BCUT2D eigenvalue weighted by Crippen LogP contribution is 2.27. The Morgan fingerprint density at radius 2 is 2.28 bits per heavy atom. The van der Waals surface area contributed by atoms with Crippen LogP contribution in [0.5, 0.6) is 0 Å². The van der Waals surface area contributed by atoms with E-state index >= 15 is 0 Å². The van der Waals surface area contributed by atoms with Crippen LogP contribution in [0.25, 0.3) is 10.4 Å². The lowest BCUT2D eigenvalue weighted by atomic mass is 10.0. The topological polar surface area (TPSA) is 118 Å². The zero-order valence-electron chi connectivity index (χ0n) is 9.45. The molecule has 7 nitrogen and oxygen atoms in total. The number of benzene rings is 1. The number of hydrogen-bond acceptors (Lipinski definition) is 4. The first-order valence-corrected chi connectivity index (χ1v) is 5.41. The van der Waals surface area contributed by atoms with Gasteiger partial charge in [-0.25, -0.2) is 0 Å². The fourth-order valence-corrected chi connectivity index (χ4v) is 1.88. The van der Waals surface area contributed by atoms with Gasteiger partial charge in [-0.05, 0) is 22.7 Å². The van der Waals surface area contributed by atoms with Crippen molar-refractivity contribution in [3.8, 4) is 0 Å². The third-order valence-electron chi connectivity index (χ3n) is 2.79. The number of nitrogens with one attached hydrogen (secondary N) is 1. The van der Waals surface area contributed by atoms with Gasteiger partial charge in [0.2, 0.25) is 5.91 Å². The predicted octanol–water partition coefficient (Wildman–Crippen LogP) is 0.886. The highest BCUT2D eigenvalue weighted by molar-refractivity contribution is 5.99. The lowest BCUT2D eigenvalue weighted by molar-refractivity contribution is -0.115. The molecule has 1 heterocycles. The molecule has 1 aliphatic rings. The lowest BCUT2D eigenvalue weighted by Crippen LogP contribution is -2.21. The minimum absolute atomic E-state index is 0.0914. The Bertz CT molecular complexity index is 525. The normalized spacial score (nSPS) is 16.4. The van der Waals surface area contributed by atoms with Gasteiger partial charge in [-0.3, -0.25) is 4.79 Å². The first-order chi connectivity index (χ1) is 8.61. The smallest absolute Gasteiger partial charge is 0.228 e. The highest BCUT2D eigenvalue weighted by atomic mass is 16.3. The maximum Gasteiger partial charge on any atom is 0.228 e. The fraction of sp³-hybridized carbons (Fsp3) is 0.364. The predicted molar refractivity (Wildman–Crippen MR) is 63.8 cm³/mol. The Hall–Kier alpha value is -2.08. The molecule has 2 rings (SSSR count). The number of aliphatic hydroxyl groups is 2. The molecule has 2 atom stereocenters. The molecule has 3 N–H and O–H groups in total. The monoisotopic (exact) mass is 248 g/mol. The molecule has 1 aromatic rings. The Balaban J connectivity index is 2.17. The van der Waals surface area contributed by atoms with Crippen molar-refractivity contribution in [2.75, 3.05) is 11.9 Å². The van der Waals surface area contributed by atoms with E-state index in [-0.39, 0.29) is 18.9 Å². The highest BCUT2D eigenvalue weighted by Gasteiger charge is 2.22. The zero-order chi connectivity index (χ0) is 13.1. The molecule has 18 heavy (non-hydrogen) atoms. The summed E-state index contributed by atoms with van der Waals surface area (Å²) in [6.45, 7) is -0.202. The summed E-state index contributed by atoms with van der Waals surface area (Å²) >= 11 is 0. The summed E-state index contributed by atoms with van der Waals surface area (Å²) in [6, 6.07) is 4.96. The first kappa shape index (κ1) is 12.4. The van der Waals surface area contributed by atoms with Crippen LogP contribution in [-0.4, -0.2) is 28.8 Å². The summed E-state index contributed by atoms with van der Waals surface area (Å²) in [5.41, 5.74) is 10.1. The van der Waals surface area contributed by atoms with Crippen molar-refractivity contribution < 1.29 is 15.0 Å². The molecule has 0 aliphatic carbocycles. The second-order valence-corrected chi connectivity index (χ2v) is 4.07. The number of fused-ring (bicyclic) bond motifs is 1. The van der Waals surface area contributed by atoms with Gasteiger partial charge in [-0.1, -0.05) is 17.2 Å². The number of anilines is 1. The van der Waals surface area contributed by atoms with Gasteiger partial charge < -0.3 is 15.5 Å². The van der Waals surface area contributed by atoms with Crippen LogP contribution < -0.4 is 5.32 Å². The van der Waals surface area contributed by atoms with Crippen LogP contribution in [0.3, 0.4) is 0 Å². The number of amides is 1. The van der Waals surface area contributed by atoms with Gasteiger partial charge in [-0.15, -0.1) is 0 Å². The van der Waals surface area contributed by atoms with Crippen molar-refractivity contribution in [2.45, 2.75) is 18.6 Å². The second kappa shape index (κ2) is 5.05. The van der Waals surface area contributed by atoms with Crippen molar-refractivity contribution in [3.63, 3.8) is 0 Å². The number of carbonyl (C=O) groups excluding carboxylic acids is 1. The van der Waals surface area contributed by atoms with E-state index in [0.29, 0.717) is 5.56 Å². The molecule has 0 radical (unpaired) electrons. The van der Waals surface area contributed by atoms with Crippen molar-refractivity contribution in [1.82, 2.24) is 0 Å². The van der Waals surface area contributed by atoms with Gasteiger partial charge in [0.25, 0.3) is 0 Å². The van der Waals surface area contributed by atoms with Gasteiger partial charge in [0.05, 0.1) is 19.1 Å². The van der Waals surface area contributed by atoms with E-state index < -0.39 is 12.2 Å². The maximum atomic E-state index is 11.2. The van der Waals surface area contributed by atoms with Crippen LogP contribution >= 0.6 is 0 Å². The van der Waals surface area contributed by atoms with E-state index in [1.165, 1.54) is 0 Å². The van der Waals surface area contributed by atoms with Gasteiger partial charge >= 0.3 is 0 Å². The summed E-state index contributed by atoms with van der Waals surface area (Å²) in [5.74, 6) is -0.0914. The zero-order valence-corrected chi connectivity index (χ0v) is 9.45. The van der Waals surface area contributed by atoms with Gasteiger partial charge in [0, 0.05) is 10.6 Å². The second-order valence-electron chi connectivity index (χ2n) is 4.07. The van der Waals surface area contributed by atoms with Crippen LogP contribution in [0.15, 0.2) is 23.3 Å². The molecule has 1 amide bonds. The molecular formula is C11H12N4O3. The molecule has 2 unspecified atom stereocenters. The third kappa shape index (κ3) is 2.43. The Morgan fingerprint density at radius 1 is 1.50 bits per heavy atom. The van der Waals surface area contributed by atoms with E-state index in [9.17, 15) is 15.0 Å². The SMILES string of the molecule is [N-]=[N+]=NCC(O)C(O)c1ccc2c(c1)CC(=O)N2. The molecule has 7 heteroatoms. The number of hydrogen-bond donors (Lipinski definition) is 3. The van der Waals surface area contributed by atoms with Crippen LogP contribution in [0.2, 0.25) is 0 Å². The van der Waals surface area contributed by atoms with E-state index in [1.807, 2.05) is 0 Å². The fourth-order valence-electron chi connectivity index (χ4n) is 1.88. The van der Waals surface area contributed by atoms with Gasteiger partial charge in [0.15, 0.2) is 0 Å². The third-order valence-corrected chi connectivity index (χ3v) is 2.79. The Morgan fingerprint density at radius 3 is 3.00 bits per heavy atom. The number of rotatable bonds is 4. The van der Waals surface area contributed by atoms with E-state index in [2.05, 4.69) is 15.3 Å². The Labute approximate surface area is 103 Å². The van der Waals surface area contributed by atoms with E-state index in [0.717, 1.165) is 11.3 Å². The number of carbonyl (C=O) groups is 1. The molecule has 1 aromatic carbocycles. The molecule has 0 spiro atoms. The standard InChI is InChI=1S/C11H12N4O3/c12-15-13-5-9(16)11(18)6-1-2-8-7(3-6)4-10(17)14-8/h1-3,9,11,16,18H,4-5H2,(H,14,17). The van der Waals surface area contributed by atoms with Crippen molar-refractivity contribution in [3.05, 3.63) is 39.8 Å². The van der Waals surface area contributed by atoms with Crippen molar-refractivity contribution in [1.29, 1.82) is 0 Å².